The average molecular weight is 322 g/mol. The summed E-state index contributed by atoms with van der Waals surface area (Å²) in [6.45, 7) is 7.03. The lowest BCUT2D eigenvalue weighted by molar-refractivity contribution is 0.225. The molecule has 1 aromatic carbocycles. The Balaban J connectivity index is 1.76. The maximum absolute atomic E-state index is 13.2. The quantitative estimate of drug-likeness (QED) is 0.677. The molecule has 0 spiro atoms. The van der Waals surface area contributed by atoms with Crippen LogP contribution >= 0.6 is 0 Å². The molecule has 2 bridgehead atoms. The molecule has 1 saturated carbocycles. The van der Waals surface area contributed by atoms with Crippen LogP contribution in [0.2, 0.25) is 0 Å². The third-order valence-corrected chi connectivity index (χ3v) is 6.64. The average Bonchev–Trinajstić information content (AvgIpc) is 3.13. The topological polar surface area (TPSA) is 43.1 Å². The molecular weight excluding hydrogens is 303 g/mol. The van der Waals surface area contributed by atoms with Crippen LogP contribution in [-0.4, -0.2) is 19.6 Å². The van der Waals surface area contributed by atoms with E-state index < -0.39 is 0 Å². The Labute approximate surface area is 139 Å². The van der Waals surface area contributed by atoms with Crippen LogP contribution in [0.3, 0.4) is 0 Å². The van der Waals surface area contributed by atoms with Gasteiger partial charge in [0, 0.05) is 23.1 Å². The number of hydrogen-bond acceptors (Lipinski definition) is 3. The van der Waals surface area contributed by atoms with Crippen LogP contribution in [0.5, 0.6) is 0 Å². The van der Waals surface area contributed by atoms with E-state index in [9.17, 15) is 4.39 Å². The summed E-state index contributed by atoms with van der Waals surface area (Å²) in [6.07, 6.45) is 4.37. The Morgan fingerprint density at radius 3 is 2.62 bits per heavy atom. The van der Waals surface area contributed by atoms with Crippen LogP contribution in [0, 0.1) is 11.2 Å². The van der Waals surface area contributed by atoms with Crippen LogP contribution in [0.1, 0.15) is 50.9 Å². The zero-order chi connectivity index (χ0) is 16.7. The molecular formula is C19H19FN4. The Kier molecular flexibility index (Phi) is 2.47. The Morgan fingerprint density at radius 1 is 1.12 bits per heavy atom. The van der Waals surface area contributed by atoms with Crippen molar-refractivity contribution in [2.45, 2.75) is 44.9 Å². The van der Waals surface area contributed by atoms with Gasteiger partial charge in [-0.15, -0.1) is 10.2 Å². The fourth-order valence-electron chi connectivity index (χ4n) is 4.82. The summed E-state index contributed by atoms with van der Waals surface area (Å²) in [7, 11) is 0. The minimum atomic E-state index is -0.241. The molecule has 2 unspecified atom stereocenters. The SMILES string of the molecule is CC12CCC(c3nnc4nc(-c5ccc(F)cc5)cn4c31)C2(C)C. The van der Waals surface area contributed by atoms with Gasteiger partial charge in [-0.2, -0.15) is 0 Å². The smallest absolute Gasteiger partial charge is 0.254 e. The summed E-state index contributed by atoms with van der Waals surface area (Å²) in [4.78, 5) is 4.62. The number of benzene rings is 1. The number of nitrogens with zero attached hydrogens (tertiary/aromatic N) is 4. The van der Waals surface area contributed by atoms with Gasteiger partial charge in [0.2, 0.25) is 0 Å². The van der Waals surface area contributed by atoms with Gasteiger partial charge in [-0.05, 0) is 42.5 Å². The molecule has 5 rings (SSSR count). The van der Waals surface area contributed by atoms with E-state index in [2.05, 4.69) is 40.4 Å². The molecule has 2 atom stereocenters. The van der Waals surface area contributed by atoms with E-state index in [1.807, 2.05) is 6.20 Å². The number of imidazole rings is 1. The zero-order valence-corrected chi connectivity index (χ0v) is 14.0. The minimum absolute atomic E-state index is 0.0853. The predicted molar refractivity (Wildman–Crippen MR) is 89.3 cm³/mol. The van der Waals surface area contributed by atoms with Crippen molar-refractivity contribution in [1.29, 1.82) is 0 Å². The maximum Gasteiger partial charge on any atom is 0.254 e. The molecule has 1 fully saturated rings. The lowest BCUT2D eigenvalue weighted by atomic mass is 9.70. The molecule has 5 heteroatoms. The van der Waals surface area contributed by atoms with Gasteiger partial charge in [-0.25, -0.2) is 9.37 Å². The molecule has 24 heavy (non-hydrogen) atoms. The second-order valence-corrected chi connectivity index (χ2v) is 7.88. The molecule has 122 valence electrons. The highest BCUT2D eigenvalue weighted by Gasteiger charge is 2.61. The molecule has 0 radical (unpaired) electrons. The van der Waals surface area contributed by atoms with Crippen LogP contribution in [0.15, 0.2) is 30.5 Å². The molecule has 0 aliphatic heterocycles. The Hall–Kier alpha value is -2.30. The van der Waals surface area contributed by atoms with Gasteiger partial charge in [-0.1, -0.05) is 20.8 Å². The summed E-state index contributed by atoms with van der Waals surface area (Å²) in [5.74, 6) is 0.846. The first-order chi connectivity index (χ1) is 11.4. The van der Waals surface area contributed by atoms with Crippen LogP contribution in [0.4, 0.5) is 4.39 Å². The van der Waals surface area contributed by atoms with Gasteiger partial charge in [0.05, 0.1) is 17.1 Å². The second-order valence-electron chi connectivity index (χ2n) is 7.88. The standard InChI is InChI=1S/C19H19FN4/c1-18(2)13-8-9-19(18,3)16-15(13)22-23-17-21-14(10-24(16)17)11-4-6-12(20)7-5-11/h4-7,10,13H,8-9H2,1-3H3. The molecule has 2 heterocycles. The summed E-state index contributed by atoms with van der Waals surface area (Å²) in [5, 5.41) is 8.90. The first kappa shape index (κ1) is 14.1. The molecule has 2 aromatic heterocycles. The van der Waals surface area contributed by atoms with Crippen molar-refractivity contribution >= 4 is 5.78 Å². The third kappa shape index (κ3) is 1.50. The van der Waals surface area contributed by atoms with Crippen molar-refractivity contribution in [3.63, 3.8) is 0 Å². The van der Waals surface area contributed by atoms with Gasteiger partial charge >= 0.3 is 0 Å². The lowest BCUT2D eigenvalue weighted by Gasteiger charge is -2.34. The van der Waals surface area contributed by atoms with Gasteiger partial charge in [0.15, 0.2) is 0 Å². The highest BCUT2D eigenvalue weighted by molar-refractivity contribution is 5.62. The summed E-state index contributed by atoms with van der Waals surface area (Å²) in [6, 6.07) is 6.43. The maximum atomic E-state index is 13.2. The first-order valence-corrected chi connectivity index (χ1v) is 8.44. The number of aromatic nitrogens is 4. The van der Waals surface area contributed by atoms with Crippen LogP contribution in [-0.2, 0) is 5.41 Å². The molecule has 2 aliphatic carbocycles. The highest BCUT2D eigenvalue weighted by Crippen LogP contribution is 2.66. The van der Waals surface area contributed by atoms with Gasteiger partial charge in [0.25, 0.3) is 5.78 Å². The van der Waals surface area contributed by atoms with Crippen LogP contribution in [0.25, 0.3) is 17.0 Å². The van der Waals surface area contributed by atoms with E-state index in [0.717, 1.165) is 17.0 Å². The van der Waals surface area contributed by atoms with Crippen molar-refractivity contribution in [3.05, 3.63) is 47.7 Å². The normalized spacial score (nSPS) is 26.9. The van der Waals surface area contributed by atoms with E-state index in [1.165, 1.54) is 30.7 Å². The zero-order valence-electron chi connectivity index (χ0n) is 14.0. The lowest BCUT2D eigenvalue weighted by Crippen LogP contribution is -2.32. The molecule has 4 nitrogen and oxygen atoms in total. The van der Waals surface area contributed by atoms with E-state index in [-0.39, 0.29) is 16.6 Å². The largest absolute Gasteiger partial charge is 0.284 e. The Bertz CT molecular complexity index is 973. The van der Waals surface area contributed by atoms with E-state index in [4.69, 9.17) is 0 Å². The van der Waals surface area contributed by atoms with Crippen molar-refractivity contribution in [2.24, 2.45) is 5.41 Å². The summed E-state index contributed by atoms with van der Waals surface area (Å²) >= 11 is 0. The van der Waals surface area contributed by atoms with Crippen LogP contribution < -0.4 is 0 Å². The molecule has 0 N–H and O–H groups in total. The predicted octanol–water partition coefficient (Wildman–Crippen LogP) is 4.11. The van der Waals surface area contributed by atoms with E-state index in [0.29, 0.717) is 11.7 Å². The minimum Gasteiger partial charge on any atom is -0.284 e. The molecule has 3 aromatic rings. The molecule has 2 aliphatic rings. The number of rotatable bonds is 1. The molecule has 0 saturated heterocycles. The number of halogens is 1. The summed E-state index contributed by atoms with van der Waals surface area (Å²) < 4.78 is 15.3. The first-order valence-electron chi connectivity index (χ1n) is 8.44. The Morgan fingerprint density at radius 2 is 1.88 bits per heavy atom. The second kappa shape index (κ2) is 4.21. The number of fused-ring (bicyclic) bond motifs is 7. The van der Waals surface area contributed by atoms with Crippen molar-refractivity contribution in [3.8, 4) is 11.3 Å². The number of hydrogen-bond donors (Lipinski definition) is 0. The fourth-order valence-corrected chi connectivity index (χ4v) is 4.82. The van der Waals surface area contributed by atoms with Gasteiger partial charge < -0.3 is 0 Å². The van der Waals surface area contributed by atoms with Crippen molar-refractivity contribution < 1.29 is 4.39 Å². The molecule has 0 amide bonds. The van der Waals surface area contributed by atoms with Gasteiger partial charge in [-0.3, -0.25) is 4.40 Å². The highest BCUT2D eigenvalue weighted by atomic mass is 19.1. The summed E-state index contributed by atoms with van der Waals surface area (Å²) in [5.41, 5.74) is 4.35. The third-order valence-electron chi connectivity index (χ3n) is 6.64. The van der Waals surface area contributed by atoms with E-state index in [1.54, 1.807) is 12.1 Å². The van der Waals surface area contributed by atoms with E-state index >= 15 is 0 Å². The monoisotopic (exact) mass is 322 g/mol. The van der Waals surface area contributed by atoms with Gasteiger partial charge in [0.1, 0.15) is 5.82 Å². The van der Waals surface area contributed by atoms with Crippen molar-refractivity contribution in [1.82, 2.24) is 19.6 Å². The van der Waals surface area contributed by atoms with Crippen molar-refractivity contribution in [2.75, 3.05) is 0 Å². The fraction of sp³-hybridized carbons (Fsp3) is 0.421.